The Labute approximate surface area is 137 Å². The van der Waals surface area contributed by atoms with Crippen LogP contribution in [-0.4, -0.2) is 48.4 Å². The molecule has 2 unspecified atom stereocenters. The summed E-state index contributed by atoms with van der Waals surface area (Å²) in [5, 5.41) is 6.27. The van der Waals surface area contributed by atoms with Crippen LogP contribution < -0.4 is 10.6 Å². The summed E-state index contributed by atoms with van der Waals surface area (Å²) >= 11 is 0. The average Bonchev–Trinajstić information content (AvgIpc) is 2.81. The largest absolute Gasteiger partial charge is 0.355 e. The predicted molar refractivity (Wildman–Crippen MR) is 88.9 cm³/mol. The highest BCUT2D eigenvalue weighted by atomic mass is 16.2. The van der Waals surface area contributed by atoms with Crippen LogP contribution in [0.3, 0.4) is 0 Å². The number of nitrogens with one attached hydrogen (secondary N) is 2. The molecule has 2 N–H and O–H groups in total. The second-order valence-corrected chi connectivity index (χ2v) is 6.44. The quantitative estimate of drug-likeness (QED) is 0.855. The fraction of sp³-hybridized carbons (Fsp3) is 0.556. The second-order valence-electron chi connectivity index (χ2n) is 6.44. The van der Waals surface area contributed by atoms with E-state index < -0.39 is 0 Å². The minimum absolute atomic E-state index is 0.0236. The molecule has 5 heteroatoms. The minimum Gasteiger partial charge on any atom is -0.355 e. The summed E-state index contributed by atoms with van der Waals surface area (Å²) in [6, 6.07) is 10.4. The highest BCUT2D eigenvalue weighted by molar-refractivity contribution is 5.81. The van der Waals surface area contributed by atoms with Gasteiger partial charge in [-0.2, -0.15) is 0 Å². The Kier molecular flexibility index (Phi) is 5.28. The number of carbonyl (C=O) groups is 2. The SMILES string of the molecule is O=C(Cc1ccccc1)NCCC(=O)N1C2CCNCC1CC2. The lowest BCUT2D eigenvalue weighted by Gasteiger charge is -2.28. The topological polar surface area (TPSA) is 61.4 Å². The van der Waals surface area contributed by atoms with Crippen LogP contribution in [0.1, 0.15) is 31.2 Å². The normalized spacial score (nSPS) is 23.4. The molecule has 0 aliphatic carbocycles. The van der Waals surface area contributed by atoms with E-state index in [-0.39, 0.29) is 11.8 Å². The van der Waals surface area contributed by atoms with Crippen molar-refractivity contribution in [3.63, 3.8) is 0 Å². The zero-order valence-electron chi connectivity index (χ0n) is 13.5. The molecule has 0 saturated carbocycles. The Morgan fingerprint density at radius 3 is 2.74 bits per heavy atom. The van der Waals surface area contributed by atoms with Gasteiger partial charge in [-0.1, -0.05) is 30.3 Å². The summed E-state index contributed by atoms with van der Waals surface area (Å²) in [7, 11) is 0. The van der Waals surface area contributed by atoms with Crippen LogP contribution in [0.5, 0.6) is 0 Å². The van der Waals surface area contributed by atoms with E-state index in [0.29, 0.717) is 31.5 Å². The molecule has 0 radical (unpaired) electrons. The molecule has 2 atom stereocenters. The third kappa shape index (κ3) is 4.10. The Morgan fingerprint density at radius 1 is 1.13 bits per heavy atom. The third-order valence-corrected chi connectivity index (χ3v) is 4.81. The Bertz CT molecular complexity index is 532. The molecule has 2 bridgehead atoms. The van der Waals surface area contributed by atoms with Crippen molar-refractivity contribution in [1.82, 2.24) is 15.5 Å². The standard InChI is InChI=1S/C18H25N3O2/c22-17(12-14-4-2-1-3-5-14)20-11-9-18(23)21-15-6-7-16(21)13-19-10-8-15/h1-5,15-16,19H,6-13H2,(H,20,22). The molecule has 1 aromatic carbocycles. The maximum atomic E-state index is 12.5. The van der Waals surface area contributed by atoms with Gasteiger partial charge in [-0.05, 0) is 31.4 Å². The Hall–Kier alpha value is -1.88. The van der Waals surface area contributed by atoms with Gasteiger partial charge in [0, 0.05) is 31.6 Å². The van der Waals surface area contributed by atoms with Crippen molar-refractivity contribution < 1.29 is 9.59 Å². The van der Waals surface area contributed by atoms with E-state index in [9.17, 15) is 9.59 Å². The van der Waals surface area contributed by atoms with Gasteiger partial charge in [0.2, 0.25) is 11.8 Å². The van der Waals surface area contributed by atoms with Crippen molar-refractivity contribution in [2.45, 2.75) is 44.2 Å². The van der Waals surface area contributed by atoms with E-state index in [0.717, 1.165) is 37.9 Å². The van der Waals surface area contributed by atoms with Gasteiger partial charge >= 0.3 is 0 Å². The zero-order valence-corrected chi connectivity index (χ0v) is 13.5. The van der Waals surface area contributed by atoms with Crippen LogP contribution >= 0.6 is 0 Å². The average molecular weight is 315 g/mol. The molecule has 5 nitrogen and oxygen atoms in total. The molecule has 2 aliphatic heterocycles. The summed E-state index contributed by atoms with van der Waals surface area (Å²) in [5.41, 5.74) is 0.993. The second kappa shape index (κ2) is 7.59. The molecule has 124 valence electrons. The molecule has 0 spiro atoms. The van der Waals surface area contributed by atoms with Crippen molar-refractivity contribution in [3.8, 4) is 0 Å². The maximum absolute atomic E-state index is 12.5. The van der Waals surface area contributed by atoms with E-state index >= 15 is 0 Å². The van der Waals surface area contributed by atoms with Gasteiger partial charge in [0.05, 0.1) is 6.42 Å². The first-order chi connectivity index (χ1) is 11.2. The van der Waals surface area contributed by atoms with Gasteiger partial charge in [-0.15, -0.1) is 0 Å². The molecule has 1 aromatic rings. The number of benzene rings is 1. The molecular weight excluding hydrogens is 290 g/mol. The Balaban J connectivity index is 1.43. The first-order valence-corrected chi connectivity index (χ1v) is 8.56. The molecule has 2 aliphatic rings. The molecule has 2 saturated heterocycles. The van der Waals surface area contributed by atoms with Crippen LogP contribution in [0.15, 0.2) is 30.3 Å². The van der Waals surface area contributed by atoms with Gasteiger partial charge < -0.3 is 15.5 Å². The van der Waals surface area contributed by atoms with E-state index in [1.165, 1.54) is 0 Å². The number of fused-ring (bicyclic) bond motifs is 2. The lowest BCUT2D eigenvalue weighted by molar-refractivity contribution is -0.133. The maximum Gasteiger partial charge on any atom is 0.224 e. The van der Waals surface area contributed by atoms with Gasteiger partial charge in [0.1, 0.15) is 0 Å². The van der Waals surface area contributed by atoms with Crippen LogP contribution in [0.4, 0.5) is 0 Å². The lowest BCUT2D eigenvalue weighted by Crippen LogP contribution is -2.43. The number of hydrogen-bond donors (Lipinski definition) is 2. The summed E-state index contributed by atoms with van der Waals surface area (Å²) in [6.07, 6.45) is 4.03. The molecule has 2 amide bonds. The summed E-state index contributed by atoms with van der Waals surface area (Å²) in [4.78, 5) is 26.5. The number of amides is 2. The fourth-order valence-corrected chi connectivity index (χ4v) is 3.67. The molecule has 0 aromatic heterocycles. The van der Waals surface area contributed by atoms with Crippen molar-refractivity contribution in [1.29, 1.82) is 0 Å². The predicted octanol–water partition coefficient (Wildman–Crippen LogP) is 1.09. The van der Waals surface area contributed by atoms with Crippen molar-refractivity contribution in [2.24, 2.45) is 0 Å². The molecule has 2 fully saturated rings. The molecule has 23 heavy (non-hydrogen) atoms. The van der Waals surface area contributed by atoms with Crippen LogP contribution in [0.2, 0.25) is 0 Å². The highest BCUT2D eigenvalue weighted by Gasteiger charge is 2.37. The van der Waals surface area contributed by atoms with Crippen molar-refractivity contribution in [3.05, 3.63) is 35.9 Å². The van der Waals surface area contributed by atoms with Gasteiger partial charge in [0.15, 0.2) is 0 Å². The van der Waals surface area contributed by atoms with E-state index in [1.54, 1.807) is 0 Å². The van der Waals surface area contributed by atoms with Gasteiger partial charge in [-0.3, -0.25) is 9.59 Å². The van der Waals surface area contributed by atoms with E-state index in [4.69, 9.17) is 0 Å². The van der Waals surface area contributed by atoms with E-state index in [2.05, 4.69) is 15.5 Å². The monoisotopic (exact) mass is 315 g/mol. The van der Waals surface area contributed by atoms with Crippen LogP contribution in [-0.2, 0) is 16.0 Å². The number of carbonyl (C=O) groups excluding carboxylic acids is 2. The summed E-state index contributed by atoms with van der Waals surface area (Å²) in [5.74, 6) is 0.158. The summed E-state index contributed by atoms with van der Waals surface area (Å²) in [6.45, 7) is 2.33. The van der Waals surface area contributed by atoms with Gasteiger partial charge in [0.25, 0.3) is 0 Å². The highest BCUT2D eigenvalue weighted by Crippen LogP contribution is 2.28. The Morgan fingerprint density at radius 2 is 1.91 bits per heavy atom. The van der Waals surface area contributed by atoms with Crippen LogP contribution in [0, 0.1) is 0 Å². The van der Waals surface area contributed by atoms with E-state index in [1.807, 2.05) is 30.3 Å². The first kappa shape index (κ1) is 16.0. The summed E-state index contributed by atoms with van der Waals surface area (Å²) < 4.78 is 0. The van der Waals surface area contributed by atoms with Crippen LogP contribution in [0.25, 0.3) is 0 Å². The lowest BCUT2D eigenvalue weighted by atomic mass is 10.1. The number of rotatable bonds is 5. The molecule has 3 rings (SSSR count). The van der Waals surface area contributed by atoms with Crippen molar-refractivity contribution >= 4 is 11.8 Å². The van der Waals surface area contributed by atoms with Crippen molar-refractivity contribution in [2.75, 3.05) is 19.6 Å². The molecule has 2 heterocycles. The van der Waals surface area contributed by atoms with Gasteiger partial charge in [-0.25, -0.2) is 0 Å². The minimum atomic E-state index is -0.0236. The smallest absolute Gasteiger partial charge is 0.224 e. The third-order valence-electron chi connectivity index (χ3n) is 4.81. The first-order valence-electron chi connectivity index (χ1n) is 8.56. The number of nitrogens with zero attached hydrogens (tertiary/aromatic N) is 1. The number of hydrogen-bond acceptors (Lipinski definition) is 3. The zero-order chi connectivity index (χ0) is 16.1. The molecular formula is C18H25N3O2. The fourth-order valence-electron chi connectivity index (χ4n) is 3.67.